The Morgan fingerprint density at radius 1 is 1.35 bits per heavy atom. The molecule has 148 valence electrons. The van der Waals surface area contributed by atoms with Crippen LogP contribution in [0.1, 0.15) is 41.0 Å². The molecule has 4 atom stereocenters. The molecule has 2 rings (SSSR count). The second-order valence-electron chi connectivity index (χ2n) is 7.51. The summed E-state index contributed by atoms with van der Waals surface area (Å²) in [4.78, 5) is 25.8. The van der Waals surface area contributed by atoms with Gasteiger partial charge in [-0.3, -0.25) is 4.90 Å². The Labute approximate surface area is 153 Å². The molecule has 26 heavy (non-hydrogen) atoms. The van der Waals surface area contributed by atoms with E-state index in [4.69, 9.17) is 14.2 Å². The molecule has 0 saturated carbocycles. The van der Waals surface area contributed by atoms with Crippen LogP contribution in [0.15, 0.2) is 11.8 Å². The average Bonchev–Trinajstić information content (AvgIpc) is 2.95. The van der Waals surface area contributed by atoms with Gasteiger partial charge in [-0.15, -0.1) is 0 Å². The van der Waals surface area contributed by atoms with Gasteiger partial charge in [0.2, 0.25) is 0 Å². The van der Waals surface area contributed by atoms with Crippen molar-refractivity contribution in [2.75, 3.05) is 19.8 Å². The molecule has 8 heteroatoms. The molecule has 8 nitrogen and oxygen atoms in total. The quantitative estimate of drug-likeness (QED) is 0.676. The number of hydrogen-bond donors (Lipinski definition) is 2. The van der Waals surface area contributed by atoms with Crippen molar-refractivity contribution >= 4 is 12.1 Å². The summed E-state index contributed by atoms with van der Waals surface area (Å²) in [5.74, 6) is -1.01. The van der Waals surface area contributed by atoms with Gasteiger partial charge in [-0.1, -0.05) is 6.92 Å². The van der Waals surface area contributed by atoms with Crippen molar-refractivity contribution in [3.8, 4) is 0 Å². The van der Waals surface area contributed by atoms with Crippen LogP contribution in [0.4, 0.5) is 4.79 Å². The molecule has 2 fully saturated rings. The molecule has 0 aromatic rings. The van der Waals surface area contributed by atoms with Crippen molar-refractivity contribution < 1.29 is 34.0 Å². The summed E-state index contributed by atoms with van der Waals surface area (Å²) in [7, 11) is 0. The maximum absolute atomic E-state index is 12.6. The van der Waals surface area contributed by atoms with Crippen LogP contribution in [0.5, 0.6) is 0 Å². The van der Waals surface area contributed by atoms with Gasteiger partial charge in [0.25, 0.3) is 0 Å². The van der Waals surface area contributed by atoms with E-state index in [9.17, 15) is 19.8 Å². The van der Waals surface area contributed by atoms with Gasteiger partial charge in [-0.2, -0.15) is 0 Å². The summed E-state index contributed by atoms with van der Waals surface area (Å²) in [6, 6.07) is -0.169. The minimum Gasteiger partial charge on any atom is -0.464 e. The van der Waals surface area contributed by atoms with Gasteiger partial charge in [-0.05, 0) is 40.2 Å². The van der Waals surface area contributed by atoms with E-state index in [0.29, 0.717) is 25.3 Å². The number of nitrogens with zero attached hydrogens (tertiary/aromatic N) is 1. The SMILES string of the molecule is CCOC(=O)C(O)C(C)(O)/C=C1\C2COCC2N1C(=O)OC(C)(C)CC. The third kappa shape index (κ3) is 4.02. The first kappa shape index (κ1) is 20.7. The van der Waals surface area contributed by atoms with E-state index in [2.05, 4.69) is 0 Å². The lowest BCUT2D eigenvalue weighted by Gasteiger charge is -2.47. The molecule has 1 amide bonds. The highest BCUT2D eigenvalue weighted by molar-refractivity contribution is 5.77. The number of fused-ring (bicyclic) bond motifs is 1. The molecule has 0 aromatic heterocycles. The molecule has 2 aliphatic heterocycles. The van der Waals surface area contributed by atoms with E-state index in [-0.39, 0.29) is 18.6 Å². The lowest BCUT2D eigenvalue weighted by Crippen LogP contribution is -2.58. The predicted molar refractivity (Wildman–Crippen MR) is 92.1 cm³/mol. The zero-order chi connectivity index (χ0) is 19.7. The van der Waals surface area contributed by atoms with Crippen molar-refractivity contribution in [3.05, 3.63) is 11.8 Å². The smallest absolute Gasteiger partial charge is 0.414 e. The van der Waals surface area contributed by atoms with Crippen LogP contribution in [0.2, 0.25) is 0 Å². The van der Waals surface area contributed by atoms with Crippen LogP contribution in [-0.2, 0) is 19.0 Å². The highest BCUT2D eigenvalue weighted by Gasteiger charge is 2.53. The van der Waals surface area contributed by atoms with Crippen LogP contribution in [-0.4, -0.2) is 70.3 Å². The van der Waals surface area contributed by atoms with E-state index in [1.54, 1.807) is 6.92 Å². The number of hydrogen-bond acceptors (Lipinski definition) is 7. The number of rotatable bonds is 6. The Morgan fingerprint density at radius 3 is 2.58 bits per heavy atom. The summed E-state index contributed by atoms with van der Waals surface area (Å²) < 4.78 is 15.7. The molecule has 2 saturated heterocycles. The summed E-state index contributed by atoms with van der Waals surface area (Å²) in [6.07, 6.45) is -0.322. The van der Waals surface area contributed by atoms with Gasteiger partial charge in [-0.25, -0.2) is 9.59 Å². The molecular formula is C18H29NO7. The van der Waals surface area contributed by atoms with Crippen LogP contribution in [0.3, 0.4) is 0 Å². The molecule has 2 aliphatic rings. The third-order valence-electron chi connectivity index (χ3n) is 4.96. The predicted octanol–water partition coefficient (Wildman–Crippen LogP) is 1.20. The fraction of sp³-hybridized carbons (Fsp3) is 0.778. The number of esters is 1. The monoisotopic (exact) mass is 371 g/mol. The van der Waals surface area contributed by atoms with E-state index in [1.165, 1.54) is 17.9 Å². The van der Waals surface area contributed by atoms with E-state index < -0.39 is 29.4 Å². The summed E-state index contributed by atoms with van der Waals surface area (Å²) in [5, 5.41) is 20.7. The molecule has 0 aliphatic carbocycles. The van der Waals surface area contributed by atoms with Gasteiger partial charge < -0.3 is 24.4 Å². The molecule has 0 aromatic carbocycles. The Bertz CT molecular complexity index is 584. The van der Waals surface area contributed by atoms with Gasteiger partial charge in [0.05, 0.1) is 25.9 Å². The molecule has 2 heterocycles. The number of amides is 1. The van der Waals surface area contributed by atoms with Crippen molar-refractivity contribution in [2.24, 2.45) is 5.92 Å². The summed E-state index contributed by atoms with van der Waals surface area (Å²) >= 11 is 0. The van der Waals surface area contributed by atoms with E-state index >= 15 is 0 Å². The van der Waals surface area contributed by atoms with E-state index in [1.807, 2.05) is 20.8 Å². The number of aliphatic hydroxyl groups is 2. The Morgan fingerprint density at radius 2 is 2.00 bits per heavy atom. The Hall–Kier alpha value is -1.64. The highest BCUT2D eigenvalue weighted by Crippen LogP contribution is 2.43. The van der Waals surface area contributed by atoms with Crippen molar-refractivity contribution in [3.63, 3.8) is 0 Å². The number of carbonyl (C=O) groups excluding carboxylic acids is 2. The topological polar surface area (TPSA) is 106 Å². The molecule has 4 unspecified atom stereocenters. The van der Waals surface area contributed by atoms with Crippen LogP contribution in [0, 0.1) is 5.92 Å². The molecule has 0 radical (unpaired) electrons. The zero-order valence-electron chi connectivity index (χ0n) is 16.0. The van der Waals surface area contributed by atoms with Gasteiger partial charge in [0.15, 0.2) is 6.10 Å². The fourth-order valence-corrected chi connectivity index (χ4v) is 2.98. The summed E-state index contributed by atoms with van der Waals surface area (Å²) in [6.45, 7) is 9.33. The van der Waals surface area contributed by atoms with Gasteiger partial charge >= 0.3 is 12.1 Å². The Balaban J connectivity index is 2.23. The summed E-state index contributed by atoms with van der Waals surface area (Å²) in [5.41, 5.74) is -2.04. The first-order valence-electron chi connectivity index (χ1n) is 8.93. The van der Waals surface area contributed by atoms with Crippen molar-refractivity contribution in [1.82, 2.24) is 4.90 Å². The van der Waals surface area contributed by atoms with Crippen LogP contribution in [0.25, 0.3) is 0 Å². The van der Waals surface area contributed by atoms with E-state index in [0.717, 1.165) is 0 Å². The van der Waals surface area contributed by atoms with Crippen LogP contribution < -0.4 is 0 Å². The van der Waals surface area contributed by atoms with Crippen molar-refractivity contribution in [2.45, 2.75) is 64.4 Å². The zero-order valence-corrected chi connectivity index (χ0v) is 16.0. The van der Waals surface area contributed by atoms with Crippen molar-refractivity contribution in [1.29, 1.82) is 0 Å². The first-order valence-corrected chi connectivity index (χ1v) is 8.93. The number of ether oxygens (including phenoxy) is 3. The number of aliphatic hydroxyl groups excluding tert-OH is 1. The Kier molecular flexibility index (Phi) is 5.99. The molecular weight excluding hydrogens is 342 g/mol. The standard InChI is InChI=1S/C18H29NO7/c1-6-17(3,4)26-16(22)19-12(11-9-24-10-13(11)19)8-18(5,23)14(20)15(21)25-7-2/h8,11,13-14,20,23H,6-7,9-10H2,1-5H3/b12-8+. The molecule has 0 spiro atoms. The highest BCUT2D eigenvalue weighted by atomic mass is 16.6. The third-order valence-corrected chi connectivity index (χ3v) is 4.96. The second kappa shape index (κ2) is 7.54. The lowest BCUT2D eigenvalue weighted by atomic mass is 9.83. The second-order valence-corrected chi connectivity index (χ2v) is 7.51. The normalized spacial score (nSPS) is 27.3. The van der Waals surface area contributed by atoms with Gasteiger partial charge in [0.1, 0.15) is 11.2 Å². The number of carbonyl (C=O) groups is 2. The van der Waals surface area contributed by atoms with Gasteiger partial charge in [0, 0.05) is 11.6 Å². The largest absolute Gasteiger partial charge is 0.464 e. The minimum absolute atomic E-state index is 0.0889. The number of likely N-dealkylation sites (tertiary alicyclic amines) is 1. The molecule has 0 bridgehead atoms. The minimum atomic E-state index is -1.89. The fourth-order valence-electron chi connectivity index (χ4n) is 2.98. The maximum atomic E-state index is 12.6. The van der Waals surface area contributed by atoms with Crippen LogP contribution >= 0.6 is 0 Å². The first-order chi connectivity index (χ1) is 12.0. The maximum Gasteiger partial charge on any atom is 0.414 e. The average molecular weight is 371 g/mol. The molecule has 2 N–H and O–H groups in total. The lowest BCUT2D eigenvalue weighted by molar-refractivity contribution is -0.163.